The fourth-order valence-corrected chi connectivity index (χ4v) is 1.56. The highest BCUT2D eigenvalue weighted by Gasteiger charge is 2.01. The molecule has 1 aromatic rings. The number of nitrogens with one attached hydrogen (secondary N) is 2. The average molecular weight is 306 g/mol. The van der Waals surface area contributed by atoms with Crippen LogP contribution in [0.5, 0.6) is 0 Å². The molecule has 1 rings (SSSR count). The van der Waals surface area contributed by atoms with Crippen molar-refractivity contribution in [3.8, 4) is 12.3 Å². The van der Waals surface area contributed by atoms with Crippen LogP contribution < -0.4 is 10.6 Å². The average Bonchev–Trinajstić information content (AvgIpc) is 2.53. The minimum atomic E-state index is -0.297. The highest BCUT2D eigenvalue weighted by molar-refractivity contribution is 5.89. The molecule has 2 amide bonds. The molecule has 0 saturated heterocycles. The number of methoxy groups -OCH3 is 1. The number of benzene rings is 1. The second kappa shape index (κ2) is 11.6. The van der Waals surface area contributed by atoms with Gasteiger partial charge in [-0.1, -0.05) is 12.0 Å². The minimum Gasteiger partial charge on any atom is -0.382 e. The summed E-state index contributed by atoms with van der Waals surface area (Å²) in [5.74, 6) is 2.51. The van der Waals surface area contributed by atoms with E-state index in [0.717, 1.165) is 5.56 Å². The van der Waals surface area contributed by atoms with Gasteiger partial charge in [-0.15, -0.1) is 6.42 Å². The van der Waals surface area contributed by atoms with Crippen molar-refractivity contribution in [3.63, 3.8) is 0 Å². The number of hydrogen-bond acceptors (Lipinski definition) is 4. The molecule has 0 radical (unpaired) electrons. The van der Waals surface area contributed by atoms with E-state index in [9.17, 15) is 4.79 Å². The fourth-order valence-electron chi connectivity index (χ4n) is 1.56. The van der Waals surface area contributed by atoms with Crippen LogP contribution in [0.2, 0.25) is 0 Å². The number of rotatable bonds is 10. The largest absolute Gasteiger partial charge is 0.382 e. The topological polar surface area (TPSA) is 68.8 Å². The first-order valence-corrected chi connectivity index (χ1v) is 7.02. The zero-order valence-electron chi connectivity index (χ0n) is 12.8. The Hall–Kier alpha value is -2.07. The predicted octanol–water partition coefficient (Wildman–Crippen LogP) is 1.47. The molecule has 6 heteroatoms. The van der Waals surface area contributed by atoms with Gasteiger partial charge in [0.2, 0.25) is 0 Å². The number of carbonyl (C=O) groups is 1. The summed E-state index contributed by atoms with van der Waals surface area (Å²) in [6.07, 6.45) is 5.30. The van der Waals surface area contributed by atoms with E-state index in [1.165, 1.54) is 0 Å². The summed E-state index contributed by atoms with van der Waals surface area (Å²) in [4.78, 5) is 11.7. The molecule has 0 aliphatic rings. The molecule has 1 aromatic carbocycles. The van der Waals surface area contributed by atoms with E-state index >= 15 is 0 Å². The molecule has 0 aliphatic carbocycles. The van der Waals surface area contributed by atoms with Crippen molar-refractivity contribution >= 4 is 11.7 Å². The Morgan fingerprint density at radius 2 is 1.91 bits per heavy atom. The lowest BCUT2D eigenvalue weighted by Crippen LogP contribution is -2.31. The fraction of sp³-hybridized carbons (Fsp3) is 0.438. The lowest BCUT2D eigenvalue weighted by molar-refractivity contribution is 0.0260. The normalized spacial score (nSPS) is 10.0. The molecule has 0 aliphatic heterocycles. The van der Waals surface area contributed by atoms with Crippen molar-refractivity contribution in [2.45, 2.75) is 0 Å². The van der Waals surface area contributed by atoms with E-state index in [0.29, 0.717) is 45.3 Å². The van der Waals surface area contributed by atoms with Gasteiger partial charge in [0.1, 0.15) is 0 Å². The molecular weight excluding hydrogens is 284 g/mol. The van der Waals surface area contributed by atoms with E-state index in [2.05, 4.69) is 16.6 Å². The Labute approximate surface area is 131 Å². The summed E-state index contributed by atoms with van der Waals surface area (Å²) >= 11 is 0. The number of amides is 2. The van der Waals surface area contributed by atoms with Gasteiger partial charge in [-0.2, -0.15) is 0 Å². The zero-order valence-corrected chi connectivity index (χ0v) is 12.8. The van der Waals surface area contributed by atoms with Gasteiger partial charge >= 0.3 is 6.03 Å². The first-order chi connectivity index (χ1) is 10.8. The first-order valence-electron chi connectivity index (χ1n) is 7.02. The molecule has 0 spiro atoms. The molecule has 0 aromatic heterocycles. The molecule has 0 unspecified atom stereocenters. The van der Waals surface area contributed by atoms with Crippen LogP contribution in [0.4, 0.5) is 10.5 Å². The van der Waals surface area contributed by atoms with Crippen molar-refractivity contribution in [1.29, 1.82) is 0 Å². The Kier molecular flexibility index (Phi) is 9.46. The number of anilines is 1. The predicted molar refractivity (Wildman–Crippen MR) is 84.9 cm³/mol. The molecule has 6 nitrogen and oxygen atoms in total. The molecule has 22 heavy (non-hydrogen) atoms. The van der Waals surface area contributed by atoms with E-state index in [1.54, 1.807) is 31.4 Å². The van der Waals surface area contributed by atoms with E-state index < -0.39 is 0 Å². The summed E-state index contributed by atoms with van der Waals surface area (Å²) in [6, 6.07) is 6.79. The maximum Gasteiger partial charge on any atom is 0.319 e. The SMILES string of the molecule is C#Cc1cccc(NC(=O)NCCOCCOCCOC)c1. The quantitative estimate of drug-likeness (QED) is 0.507. The van der Waals surface area contributed by atoms with Gasteiger partial charge in [-0.3, -0.25) is 0 Å². The Bertz CT molecular complexity index is 485. The lowest BCUT2D eigenvalue weighted by Gasteiger charge is -2.09. The van der Waals surface area contributed by atoms with Crippen LogP contribution in [0.3, 0.4) is 0 Å². The third-order valence-corrected chi connectivity index (χ3v) is 2.62. The van der Waals surface area contributed by atoms with Crippen molar-refractivity contribution < 1.29 is 19.0 Å². The van der Waals surface area contributed by atoms with E-state index in [-0.39, 0.29) is 6.03 Å². The summed E-state index contributed by atoms with van der Waals surface area (Å²) in [7, 11) is 1.62. The third kappa shape index (κ3) is 8.27. The van der Waals surface area contributed by atoms with Crippen molar-refractivity contribution in [2.75, 3.05) is 52.0 Å². The minimum absolute atomic E-state index is 0.297. The monoisotopic (exact) mass is 306 g/mol. The van der Waals surface area contributed by atoms with Crippen LogP contribution in [0.25, 0.3) is 0 Å². The molecule has 2 N–H and O–H groups in total. The molecule has 0 saturated carbocycles. The Morgan fingerprint density at radius 1 is 1.18 bits per heavy atom. The zero-order chi connectivity index (χ0) is 16.0. The first kappa shape index (κ1) is 18.0. The molecule has 0 fully saturated rings. The van der Waals surface area contributed by atoms with Crippen LogP contribution >= 0.6 is 0 Å². The third-order valence-electron chi connectivity index (χ3n) is 2.62. The highest BCUT2D eigenvalue weighted by Crippen LogP contribution is 2.09. The standard InChI is InChI=1S/C16H22N2O4/c1-3-14-5-4-6-15(13-14)18-16(19)17-7-8-21-11-12-22-10-9-20-2/h1,4-6,13H,7-12H2,2H3,(H2,17,18,19). The number of carbonyl (C=O) groups excluding carboxylic acids is 1. The van der Waals surface area contributed by atoms with Crippen molar-refractivity contribution in [3.05, 3.63) is 29.8 Å². The molecule has 120 valence electrons. The van der Waals surface area contributed by atoms with Gasteiger partial charge in [0.25, 0.3) is 0 Å². The van der Waals surface area contributed by atoms with Gasteiger partial charge in [0.05, 0.1) is 33.0 Å². The molecule has 0 heterocycles. The summed E-state index contributed by atoms with van der Waals surface area (Å²) < 4.78 is 15.4. The van der Waals surface area contributed by atoms with Gasteiger partial charge in [0, 0.05) is 24.9 Å². The highest BCUT2D eigenvalue weighted by atomic mass is 16.5. The summed E-state index contributed by atoms with van der Waals surface area (Å²) in [5, 5.41) is 5.39. The number of urea groups is 1. The second-order valence-corrected chi connectivity index (χ2v) is 4.32. The number of terminal acetylenes is 1. The number of ether oxygens (including phenoxy) is 3. The van der Waals surface area contributed by atoms with Gasteiger partial charge in [-0.25, -0.2) is 4.79 Å². The van der Waals surface area contributed by atoms with Crippen molar-refractivity contribution in [2.24, 2.45) is 0 Å². The van der Waals surface area contributed by atoms with Crippen molar-refractivity contribution in [1.82, 2.24) is 5.32 Å². The maximum absolute atomic E-state index is 11.7. The smallest absolute Gasteiger partial charge is 0.319 e. The molecular formula is C16H22N2O4. The van der Waals surface area contributed by atoms with E-state index in [1.807, 2.05) is 0 Å². The van der Waals surface area contributed by atoms with Crippen LogP contribution in [-0.2, 0) is 14.2 Å². The maximum atomic E-state index is 11.7. The molecule has 0 atom stereocenters. The van der Waals surface area contributed by atoms with Crippen LogP contribution in [-0.4, -0.2) is 52.7 Å². The lowest BCUT2D eigenvalue weighted by atomic mass is 10.2. The van der Waals surface area contributed by atoms with Crippen LogP contribution in [0.15, 0.2) is 24.3 Å². The Balaban J connectivity index is 2.05. The van der Waals surface area contributed by atoms with Crippen LogP contribution in [0, 0.1) is 12.3 Å². The molecule has 0 bridgehead atoms. The Morgan fingerprint density at radius 3 is 2.64 bits per heavy atom. The van der Waals surface area contributed by atoms with Gasteiger partial charge < -0.3 is 24.8 Å². The van der Waals surface area contributed by atoms with Crippen LogP contribution in [0.1, 0.15) is 5.56 Å². The second-order valence-electron chi connectivity index (χ2n) is 4.32. The number of hydrogen-bond donors (Lipinski definition) is 2. The summed E-state index contributed by atoms with van der Waals surface area (Å²) in [6.45, 7) is 2.95. The van der Waals surface area contributed by atoms with Gasteiger partial charge in [0.15, 0.2) is 0 Å². The summed E-state index contributed by atoms with van der Waals surface area (Å²) in [5.41, 5.74) is 1.37. The van der Waals surface area contributed by atoms with Gasteiger partial charge in [-0.05, 0) is 18.2 Å². The van der Waals surface area contributed by atoms with E-state index in [4.69, 9.17) is 20.6 Å².